The molecule has 1 aliphatic heterocycles. The quantitative estimate of drug-likeness (QED) is 0.814. The lowest BCUT2D eigenvalue weighted by Gasteiger charge is -2.35. The molecule has 0 saturated carbocycles. The van der Waals surface area contributed by atoms with Crippen LogP contribution < -0.4 is 5.73 Å². The van der Waals surface area contributed by atoms with Gasteiger partial charge in [0.05, 0.1) is 0 Å². The second-order valence-electron chi connectivity index (χ2n) is 5.52. The molecule has 0 aromatic carbocycles. The Labute approximate surface area is 126 Å². The van der Waals surface area contributed by atoms with E-state index >= 15 is 0 Å². The van der Waals surface area contributed by atoms with Crippen molar-refractivity contribution < 1.29 is 8.42 Å². The average Bonchev–Trinajstić information content (AvgIpc) is 2.88. The highest BCUT2D eigenvalue weighted by Gasteiger charge is 2.33. The van der Waals surface area contributed by atoms with Crippen molar-refractivity contribution >= 4 is 10.0 Å². The minimum atomic E-state index is -3.59. The number of aromatic amines is 1. The van der Waals surface area contributed by atoms with E-state index < -0.39 is 10.0 Å². The average molecular weight is 315 g/mol. The summed E-state index contributed by atoms with van der Waals surface area (Å²) in [5.41, 5.74) is 6.95. The fourth-order valence-electron chi connectivity index (χ4n) is 2.82. The van der Waals surface area contributed by atoms with E-state index in [4.69, 9.17) is 5.73 Å². The lowest BCUT2D eigenvalue weighted by molar-refractivity contribution is 0.176. The number of aromatic nitrogens is 2. The van der Waals surface area contributed by atoms with Gasteiger partial charge in [-0.25, -0.2) is 8.42 Å². The number of H-pyrrole nitrogens is 1. The van der Waals surface area contributed by atoms with Crippen LogP contribution in [0.25, 0.3) is 0 Å². The molecule has 8 heteroatoms. The topological polar surface area (TPSA) is 95.3 Å². The van der Waals surface area contributed by atoms with Crippen molar-refractivity contribution in [3.05, 3.63) is 11.3 Å². The van der Waals surface area contributed by atoms with Gasteiger partial charge in [0.25, 0.3) is 10.0 Å². The first kappa shape index (κ1) is 16.4. The number of nitrogens with two attached hydrogens (primary N) is 1. The van der Waals surface area contributed by atoms with Crippen molar-refractivity contribution in [2.24, 2.45) is 5.73 Å². The van der Waals surface area contributed by atoms with Crippen LogP contribution in [0, 0.1) is 6.92 Å². The maximum Gasteiger partial charge on any atom is 0.262 e. The van der Waals surface area contributed by atoms with Gasteiger partial charge in [-0.3, -0.25) is 5.10 Å². The van der Waals surface area contributed by atoms with Crippen LogP contribution in [-0.2, 0) is 16.6 Å². The molecule has 1 aromatic heterocycles. The lowest BCUT2D eigenvalue weighted by Crippen LogP contribution is -2.45. The number of hydrogen-bond donors (Lipinski definition) is 2. The summed E-state index contributed by atoms with van der Waals surface area (Å²) in [6.07, 6.45) is 1.70. The molecule has 1 aromatic rings. The van der Waals surface area contributed by atoms with Crippen LogP contribution in [-0.4, -0.2) is 60.5 Å². The molecular weight excluding hydrogens is 290 g/mol. The Balaban J connectivity index is 2.19. The van der Waals surface area contributed by atoms with Crippen LogP contribution in [0.1, 0.15) is 31.0 Å². The summed E-state index contributed by atoms with van der Waals surface area (Å²) < 4.78 is 27.0. The molecule has 0 amide bonds. The molecule has 0 unspecified atom stereocenters. The standard InChI is InChI=1S/C13H25N5O2S/c1-4-18-7-5-11(6-8-18)17(3)21(19,20)13-12(9-14)10(2)15-16-13/h11H,4-9,14H2,1-3H3,(H,15,16). The summed E-state index contributed by atoms with van der Waals surface area (Å²) in [6.45, 7) is 6.96. The van der Waals surface area contributed by atoms with Crippen LogP contribution in [0.4, 0.5) is 0 Å². The predicted molar refractivity (Wildman–Crippen MR) is 81.3 cm³/mol. The lowest BCUT2D eigenvalue weighted by atomic mass is 10.1. The minimum Gasteiger partial charge on any atom is -0.326 e. The Bertz CT molecular complexity index is 575. The van der Waals surface area contributed by atoms with Crippen molar-refractivity contribution in [1.82, 2.24) is 19.4 Å². The first-order valence-electron chi connectivity index (χ1n) is 7.36. The molecule has 0 atom stereocenters. The van der Waals surface area contributed by atoms with Crippen LogP contribution in [0.15, 0.2) is 5.03 Å². The van der Waals surface area contributed by atoms with Crippen molar-refractivity contribution in [2.75, 3.05) is 26.7 Å². The number of piperidine rings is 1. The van der Waals surface area contributed by atoms with Crippen molar-refractivity contribution in [3.8, 4) is 0 Å². The highest BCUT2D eigenvalue weighted by molar-refractivity contribution is 7.89. The zero-order valence-corrected chi connectivity index (χ0v) is 13.8. The largest absolute Gasteiger partial charge is 0.326 e. The molecule has 0 radical (unpaired) electrons. The molecule has 3 N–H and O–H groups in total. The summed E-state index contributed by atoms with van der Waals surface area (Å²) in [5.74, 6) is 0. The van der Waals surface area contributed by atoms with E-state index in [1.807, 2.05) is 0 Å². The van der Waals surface area contributed by atoms with Crippen molar-refractivity contribution in [2.45, 2.75) is 44.3 Å². The molecule has 7 nitrogen and oxygen atoms in total. The molecule has 1 fully saturated rings. The van der Waals surface area contributed by atoms with Gasteiger partial charge in [-0.1, -0.05) is 6.92 Å². The summed E-state index contributed by atoms with van der Waals surface area (Å²) in [6, 6.07) is 0.0282. The second-order valence-corrected chi connectivity index (χ2v) is 7.44. The number of nitrogens with zero attached hydrogens (tertiary/aromatic N) is 3. The third-order valence-corrected chi connectivity index (χ3v) is 6.26. The summed E-state index contributed by atoms with van der Waals surface area (Å²) >= 11 is 0. The van der Waals surface area contributed by atoms with Gasteiger partial charge >= 0.3 is 0 Å². The number of likely N-dealkylation sites (tertiary alicyclic amines) is 1. The van der Waals surface area contributed by atoms with Crippen LogP contribution in [0.2, 0.25) is 0 Å². The van der Waals surface area contributed by atoms with E-state index in [9.17, 15) is 8.42 Å². The van der Waals surface area contributed by atoms with Gasteiger partial charge in [0.2, 0.25) is 0 Å². The molecule has 1 aliphatic rings. The van der Waals surface area contributed by atoms with Gasteiger partial charge in [0, 0.05) is 30.9 Å². The summed E-state index contributed by atoms with van der Waals surface area (Å²) in [4.78, 5) is 2.33. The SMILES string of the molecule is CCN1CCC(N(C)S(=O)(=O)c2n[nH]c(C)c2CN)CC1. The Morgan fingerprint density at radius 2 is 2.05 bits per heavy atom. The first-order valence-corrected chi connectivity index (χ1v) is 8.80. The van der Waals surface area contributed by atoms with Gasteiger partial charge in [0.1, 0.15) is 0 Å². The Kier molecular flexibility index (Phi) is 5.03. The van der Waals surface area contributed by atoms with Gasteiger partial charge in [-0.15, -0.1) is 0 Å². The Hall–Kier alpha value is -0.960. The van der Waals surface area contributed by atoms with E-state index in [1.165, 1.54) is 4.31 Å². The molecule has 21 heavy (non-hydrogen) atoms. The fraction of sp³-hybridized carbons (Fsp3) is 0.769. The number of aryl methyl sites for hydroxylation is 1. The monoisotopic (exact) mass is 315 g/mol. The first-order chi connectivity index (χ1) is 9.91. The Morgan fingerprint density at radius 1 is 1.43 bits per heavy atom. The van der Waals surface area contributed by atoms with Gasteiger partial charge in [-0.2, -0.15) is 9.40 Å². The summed E-state index contributed by atoms with van der Waals surface area (Å²) in [5, 5.41) is 6.76. The molecule has 1 saturated heterocycles. The highest BCUT2D eigenvalue weighted by atomic mass is 32.2. The third-order valence-electron chi connectivity index (χ3n) is 4.38. The van der Waals surface area contributed by atoms with E-state index in [0.29, 0.717) is 11.3 Å². The molecule has 0 spiro atoms. The van der Waals surface area contributed by atoms with E-state index in [1.54, 1.807) is 14.0 Å². The predicted octanol–water partition coefficient (Wildman–Crippen LogP) is 0.282. The zero-order valence-electron chi connectivity index (χ0n) is 13.0. The smallest absolute Gasteiger partial charge is 0.262 e. The van der Waals surface area contributed by atoms with Crippen LogP contribution >= 0.6 is 0 Å². The third kappa shape index (κ3) is 3.13. The van der Waals surface area contributed by atoms with Gasteiger partial charge in [0.15, 0.2) is 5.03 Å². The molecule has 120 valence electrons. The molecule has 0 aliphatic carbocycles. The molecule has 2 heterocycles. The van der Waals surface area contributed by atoms with E-state index in [-0.39, 0.29) is 17.6 Å². The van der Waals surface area contributed by atoms with Crippen molar-refractivity contribution in [1.29, 1.82) is 0 Å². The van der Waals surface area contributed by atoms with E-state index in [2.05, 4.69) is 22.0 Å². The number of sulfonamides is 1. The van der Waals surface area contributed by atoms with Gasteiger partial charge < -0.3 is 10.6 Å². The normalized spacial score (nSPS) is 18.5. The maximum atomic E-state index is 12.7. The molecular formula is C13H25N5O2S. The second kappa shape index (κ2) is 6.43. The highest BCUT2D eigenvalue weighted by Crippen LogP contribution is 2.24. The van der Waals surface area contributed by atoms with Gasteiger partial charge in [-0.05, 0) is 39.4 Å². The zero-order chi connectivity index (χ0) is 15.6. The summed E-state index contributed by atoms with van der Waals surface area (Å²) in [7, 11) is -1.95. The number of hydrogen-bond acceptors (Lipinski definition) is 5. The number of nitrogens with one attached hydrogen (secondary N) is 1. The maximum absolute atomic E-state index is 12.7. The Morgan fingerprint density at radius 3 is 2.57 bits per heavy atom. The molecule has 0 bridgehead atoms. The molecule has 2 rings (SSSR count). The van der Waals surface area contributed by atoms with Crippen LogP contribution in [0.5, 0.6) is 0 Å². The van der Waals surface area contributed by atoms with Crippen molar-refractivity contribution in [3.63, 3.8) is 0 Å². The van der Waals surface area contributed by atoms with E-state index in [0.717, 1.165) is 32.5 Å². The fourth-order valence-corrected chi connectivity index (χ4v) is 4.40. The minimum absolute atomic E-state index is 0.0282. The number of rotatable bonds is 5. The van der Waals surface area contributed by atoms with Crippen LogP contribution in [0.3, 0.4) is 0 Å².